The van der Waals surface area contributed by atoms with Crippen molar-refractivity contribution in [2.24, 2.45) is 0 Å². The van der Waals surface area contributed by atoms with Gasteiger partial charge >= 0.3 is 0 Å². The van der Waals surface area contributed by atoms with Crippen LogP contribution in [0, 0.1) is 20.8 Å². The number of aromatic nitrogens is 1. The van der Waals surface area contributed by atoms with Crippen molar-refractivity contribution in [3.05, 3.63) is 40.8 Å². The van der Waals surface area contributed by atoms with Gasteiger partial charge in [0.1, 0.15) is 10.7 Å². The third-order valence-corrected chi connectivity index (χ3v) is 5.35. The Morgan fingerprint density at radius 3 is 2.43 bits per heavy atom. The molecule has 0 amide bonds. The van der Waals surface area contributed by atoms with Gasteiger partial charge in [-0.15, -0.1) is 0 Å². The number of hydrogen-bond donors (Lipinski definition) is 1. The Bertz CT molecular complexity index is 766. The minimum absolute atomic E-state index is 0.131. The second-order valence-corrected chi connectivity index (χ2v) is 7.11. The van der Waals surface area contributed by atoms with Crippen LogP contribution in [-0.4, -0.2) is 24.9 Å². The van der Waals surface area contributed by atoms with E-state index in [1.807, 2.05) is 6.07 Å². The van der Waals surface area contributed by atoms with E-state index >= 15 is 0 Å². The lowest BCUT2D eigenvalue weighted by atomic mass is 10.1. The van der Waals surface area contributed by atoms with Crippen LogP contribution in [0.3, 0.4) is 0 Å². The lowest BCUT2D eigenvalue weighted by molar-refractivity contribution is 0.378. The summed E-state index contributed by atoms with van der Waals surface area (Å²) in [4.78, 5) is 0.158. The van der Waals surface area contributed by atoms with Gasteiger partial charge in [0.25, 0.3) is 0 Å². The Hall–Kier alpha value is -1.86. The summed E-state index contributed by atoms with van der Waals surface area (Å²) >= 11 is 0. The maximum absolute atomic E-state index is 12.7. The van der Waals surface area contributed by atoms with E-state index in [1.54, 1.807) is 32.9 Å². The van der Waals surface area contributed by atoms with Gasteiger partial charge in [0.05, 0.1) is 17.9 Å². The standard InChI is InChI=1S/C14H19N3O3S/c1-9-5-6-10(2)14(13(9)15)21(18,19)17(4)8-12-7-11(3)20-16-12/h5-7H,8,15H2,1-4H3. The molecule has 1 heterocycles. The molecule has 2 N–H and O–H groups in total. The molecule has 0 bridgehead atoms. The lowest BCUT2D eigenvalue weighted by Crippen LogP contribution is -2.28. The van der Waals surface area contributed by atoms with Gasteiger partial charge in [0, 0.05) is 13.1 Å². The minimum Gasteiger partial charge on any atom is -0.397 e. The van der Waals surface area contributed by atoms with Crippen LogP contribution >= 0.6 is 0 Å². The lowest BCUT2D eigenvalue weighted by Gasteiger charge is -2.19. The Balaban J connectivity index is 2.40. The van der Waals surface area contributed by atoms with Crippen LogP contribution in [0.2, 0.25) is 0 Å². The van der Waals surface area contributed by atoms with Crippen LogP contribution in [-0.2, 0) is 16.6 Å². The number of benzene rings is 1. The van der Waals surface area contributed by atoms with Crippen molar-refractivity contribution >= 4 is 15.7 Å². The number of rotatable bonds is 4. The van der Waals surface area contributed by atoms with Crippen molar-refractivity contribution in [1.82, 2.24) is 9.46 Å². The summed E-state index contributed by atoms with van der Waals surface area (Å²) in [7, 11) is -2.18. The highest BCUT2D eigenvalue weighted by atomic mass is 32.2. The van der Waals surface area contributed by atoms with Crippen molar-refractivity contribution in [2.45, 2.75) is 32.2 Å². The van der Waals surface area contributed by atoms with Crippen molar-refractivity contribution in [2.75, 3.05) is 12.8 Å². The second kappa shape index (κ2) is 5.50. The molecule has 0 aliphatic rings. The summed E-state index contributed by atoms with van der Waals surface area (Å²) in [6, 6.07) is 5.27. The summed E-state index contributed by atoms with van der Waals surface area (Å²) in [5.41, 5.74) is 8.18. The van der Waals surface area contributed by atoms with E-state index < -0.39 is 10.0 Å². The zero-order valence-corrected chi connectivity index (χ0v) is 13.4. The molecule has 2 aromatic rings. The van der Waals surface area contributed by atoms with Crippen molar-refractivity contribution in [3.63, 3.8) is 0 Å². The highest BCUT2D eigenvalue weighted by Crippen LogP contribution is 2.28. The number of aryl methyl sites for hydroxylation is 3. The summed E-state index contributed by atoms with van der Waals surface area (Å²) in [6.45, 7) is 5.41. The highest BCUT2D eigenvalue weighted by molar-refractivity contribution is 7.89. The van der Waals surface area contributed by atoms with Gasteiger partial charge in [-0.2, -0.15) is 4.31 Å². The molecule has 0 radical (unpaired) electrons. The molecule has 0 aliphatic carbocycles. The van der Waals surface area contributed by atoms with Crippen LogP contribution < -0.4 is 5.73 Å². The van der Waals surface area contributed by atoms with Crippen LogP contribution in [0.4, 0.5) is 5.69 Å². The first-order chi connectivity index (χ1) is 9.73. The quantitative estimate of drug-likeness (QED) is 0.873. The third kappa shape index (κ3) is 2.93. The first-order valence-corrected chi connectivity index (χ1v) is 7.91. The molecule has 0 spiro atoms. The molecular weight excluding hydrogens is 290 g/mol. The van der Waals surface area contributed by atoms with Gasteiger partial charge < -0.3 is 10.3 Å². The Labute approximate surface area is 124 Å². The van der Waals surface area contributed by atoms with Crippen molar-refractivity contribution in [1.29, 1.82) is 0 Å². The van der Waals surface area contributed by atoms with Crippen molar-refractivity contribution < 1.29 is 12.9 Å². The molecule has 1 aromatic carbocycles. The molecule has 0 saturated heterocycles. The van der Waals surface area contributed by atoms with E-state index in [4.69, 9.17) is 10.3 Å². The average Bonchev–Trinajstić information content (AvgIpc) is 2.79. The van der Waals surface area contributed by atoms with Gasteiger partial charge in [-0.05, 0) is 31.9 Å². The van der Waals surface area contributed by atoms with Crippen LogP contribution in [0.25, 0.3) is 0 Å². The van der Waals surface area contributed by atoms with E-state index in [0.29, 0.717) is 17.0 Å². The smallest absolute Gasteiger partial charge is 0.245 e. The molecular formula is C14H19N3O3S. The monoisotopic (exact) mass is 309 g/mol. The zero-order valence-electron chi connectivity index (χ0n) is 12.5. The molecule has 0 fully saturated rings. The minimum atomic E-state index is -3.69. The first kappa shape index (κ1) is 15.5. The van der Waals surface area contributed by atoms with E-state index in [2.05, 4.69) is 5.16 Å². The van der Waals surface area contributed by atoms with Gasteiger partial charge in [-0.3, -0.25) is 0 Å². The summed E-state index contributed by atoms with van der Waals surface area (Å²) in [6.07, 6.45) is 0. The Morgan fingerprint density at radius 1 is 1.24 bits per heavy atom. The highest BCUT2D eigenvalue weighted by Gasteiger charge is 2.26. The van der Waals surface area contributed by atoms with Crippen LogP contribution in [0.15, 0.2) is 27.6 Å². The topological polar surface area (TPSA) is 89.4 Å². The SMILES string of the molecule is Cc1cc(CN(C)S(=O)(=O)c2c(C)ccc(C)c2N)no1. The summed E-state index contributed by atoms with van der Waals surface area (Å²) < 4.78 is 31.6. The van der Waals surface area contributed by atoms with E-state index in [0.717, 1.165) is 5.56 Å². The molecule has 0 aliphatic heterocycles. The molecule has 0 unspecified atom stereocenters. The van der Waals surface area contributed by atoms with Crippen LogP contribution in [0.1, 0.15) is 22.6 Å². The molecule has 21 heavy (non-hydrogen) atoms. The number of hydrogen-bond acceptors (Lipinski definition) is 5. The number of sulfonamides is 1. The predicted molar refractivity (Wildman–Crippen MR) is 80.2 cm³/mol. The summed E-state index contributed by atoms with van der Waals surface area (Å²) in [5, 5.41) is 3.81. The maximum Gasteiger partial charge on any atom is 0.245 e. The van der Waals surface area contributed by atoms with Gasteiger partial charge in [-0.25, -0.2) is 8.42 Å². The zero-order chi connectivity index (χ0) is 15.8. The number of nitrogen functional groups attached to an aromatic ring is 1. The third-order valence-electron chi connectivity index (χ3n) is 3.34. The fourth-order valence-electron chi connectivity index (χ4n) is 2.11. The molecule has 7 heteroatoms. The summed E-state index contributed by atoms with van der Waals surface area (Å²) in [5.74, 6) is 0.641. The van der Waals surface area contributed by atoms with E-state index in [9.17, 15) is 8.42 Å². The van der Waals surface area contributed by atoms with Crippen molar-refractivity contribution in [3.8, 4) is 0 Å². The maximum atomic E-state index is 12.7. The molecule has 6 nitrogen and oxygen atoms in total. The number of nitrogens with two attached hydrogens (primary N) is 1. The largest absolute Gasteiger partial charge is 0.397 e. The average molecular weight is 309 g/mol. The van der Waals surface area contributed by atoms with Gasteiger partial charge in [-0.1, -0.05) is 17.3 Å². The van der Waals surface area contributed by atoms with E-state index in [-0.39, 0.29) is 17.1 Å². The second-order valence-electron chi connectivity index (χ2n) is 5.13. The van der Waals surface area contributed by atoms with Crippen LogP contribution in [0.5, 0.6) is 0 Å². The number of anilines is 1. The van der Waals surface area contributed by atoms with Gasteiger partial charge in [0.15, 0.2) is 0 Å². The fourth-order valence-corrected chi connectivity index (χ4v) is 3.64. The van der Waals surface area contributed by atoms with E-state index in [1.165, 1.54) is 11.4 Å². The number of nitrogens with zero attached hydrogens (tertiary/aromatic N) is 2. The predicted octanol–water partition coefficient (Wildman–Crippen LogP) is 2.00. The normalized spacial score (nSPS) is 12.0. The Morgan fingerprint density at radius 2 is 1.86 bits per heavy atom. The van der Waals surface area contributed by atoms with Gasteiger partial charge in [0.2, 0.25) is 10.0 Å². The molecule has 0 saturated carbocycles. The molecule has 2 rings (SSSR count). The first-order valence-electron chi connectivity index (χ1n) is 6.47. The fraction of sp³-hybridized carbons (Fsp3) is 0.357. The molecule has 0 atom stereocenters. The Kier molecular flexibility index (Phi) is 4.06. The molecule has 1 aromatic heterocycles. The molecule has 114 valence electrons.